The molecule has 128 valence electrons. The fourth-order valence-electron chi connectivity index (χ4n) is 2.59. The van der Waals surface area contributed by atoms with Gasteiger partial charge >= 0.3 is 7.82 Å². The van der Waals surface area contributed by atoms with Gasteiger partial charge in [-0.25, -0.2) is 14.5 Å². The molecule has 0 saturated carbocycles. The summed E-state index contributed by atoms with van der Waals surface area (Å²) in [6.07, 6.45) is -2.79. The van der Waals surface area contributed by atoms with E-state index in [-0.39, 0.29) is 5.84 Å². The number of hydrogen-bond acceptors (Lipinski definition) is 10. The highest BCUT2D eigenvalue weighted by Gasteiger charge is 2.50. The van der Waals surface area contributed by atoms with Gasteiger partial charge in [0.15, 0.2) is 12.4 Å². The van der Waals surface area contributed by atoms with E-state index in [1.54, 1.807) is 0 Å². The van der Waals surface area contributed by atoms with Crippen molar-refractivity contribution in [1.29, 1.82) is 0 Å². The highest BCUT2D eigenvalue weighted by Crippen LogP contribution is 2.37. The number of phosphoric ester groups is 1. The molecule has 3 rings (SSSR count). The van der Waals surface area contributed by atoms with Crippen molar-refractivity contribution >= 4 is 26.3 Å². The number of aliphatic imine (C=N–C) groups is 3. The van der Waals surface area contributed by atoms with E-state index in [0.29, 0.717) is 0 Å². The Hall–Kier alpha value is -1.40. The van der Waals surface area contributed by atoms with Gasteiger partial charge in [-0.3, -0.25) is 9.52 Å². The molecule has 0 aromatic carbocycles. The lowest BCUT2D eigenvalue weighted by atomic mass is 10.1. The average Bonchev–Trinajstić information content (AvgIpc) is 3.01. The molecular formula is C10H16N5O7P. The van der Waals surface area contributed by atoms with Crippen LogP contribution in [0.4, 0.5) is 0 Å². The Morgan fingerprint density at radius 3 is 2.78 bits per heavy atom. The van der Waals surface area contributed by atoms with Crippen LogP contribution in [0.15, 0.2) is 15.0 Å². The first-order valence-corrected chi connectivity index (χ1v) is 8.18. The second-order valence-corrected chi connectivity index (χ2v) is 6.46. The largest absolute Gasteiger partial charge is 0.469 e. The number of rotatable bonds is 4. The zero-order valence-corrected chi connectivity index (χ0v) is 12.5. The third-order valence-electron chi connectivity index (χ3n) is 3.72. The predicted octanol–water partition coefficient (Wildman–Crippen LogP) is -3.02. The van der Waals surface area contributed by atoms with E-state index in [9.17, 15) is 14.8 Å². The smallest absolute Gasteiger partial charge is 0.387 e. The van der Waals surface area contributed by atoms with Crippen molar-refractivity contribution in [3.8, 4) is 0 Å². The molecule has 0 amide bonds. The molecule has 3 heterocycles. The lowest BCUT2D eigenvalue weighted by Gasteiger charge is -2.31. The molecule has 0 spiro atoms. The molecule has 0 aromatic rings. The van der Waals surface area contributed by atoms with Crippen LogP contribution in [0, 0.1) is 0 Å². The van der Waals surface area contributed by atoms with Gasteiger partial charge < -0.3 is 35.4 Å². The number of fused-ring (bicyclic) bond motifs is 1. The number of aliphatic hydroxyl groups is 2. The van der Waals surface area contributed by atoms with Gasteiger partial charge in [0.2, 0.25) is 0 Å². The number of aliphatic hydroxyl groups excluding tert-OH is 2. The molecule has 23 heavy (non-hydrogen) atoms. The van der Waals surface area contributed by atoms with Crippen molar-refractivity contribution in [2.75, 3.05) is 6.61 Å². The number of nitrogens with two attached hydrogens (primary N) is 1. The van der Waals surface area contributed by atoms with E-state index >= 15 is 0 Å². The normalized spacial score (nSPS) is 39.7. The maximum absolute atomic E-state index is 10.7. The van der Waals surface area contributed by atoms with Gasteiger partial charge in [0.1, 0.15) is 36.5 Å². The van der Waals surface area contributed by atoms with Crippen molar-refractivity contribution in [3.05, 3.63) is 0 Å². The molecule has 0 aliphatic carbocycles. The molecule has 6 N–H and O–H groups in total. The monoisotopic (exact) mass is 349 g/mol. The minimum absolute atomic E-state index is 0.262. The van der Waals surface area contributed by atoms with Crippen molar-refractivity contribution in [3.63, 3.8) is 0 Å². The third-order valence-corrected chi connectivity index (χ3v) is 4.20. The second-order valence-electron chi connectivity index (χ2n) is 5.22. The van der Waals surface area contributed by atoms with Gasteiger partial charge in [-0.1, -0.05) is 0 Å². The van der Waals surface area contributed by atoms with Crippen LogP contribution in [0.5, 0.6) is 0 Å². The fraction of sp³-hybridized carbons (Fsp3) is 0.700. The van der Waals surface area contributed by atoms with Crippen LogP contribution in [0.2, 0.25) is 0 Å². The molecule has 3 aliphatic rings. The van der Waals surface area contributed by atoms with Crippen molar-refractivity contribution in [2.45, 2.75) is 36.7 Å². The first-order chi connectivity index (χ1) is 10.8. The minimum atomic E-state index is -4.71. The Labute approximate surface area is 130 Å². The van der Waals surface area contributed by atoms with Gasteiger partial charge in [-0.05, 0) is 0 Å². The quantitative estimate of drug-likeness (QED) is 0.330. The fourth-order valence-corrected chi connectivity index (χ4v) is 2.93. The van der Waals surface area contributed by atoms with E-state index < -0.39 is 51.2 Å². The van der Waals surface area contributed by atoms with Gasteiger partial charge in [-0.15, -0.1) is 0 Å². The Balaban J connectivity index is 1.70. The Morgan fingerprint density at radius 1 is 1.35 bits per heavy atom. The molecular weight excluding hydrogens is 333 g/mol. The van der Waals surface area contributed by atoms with Crippen molar-refractivity contribution < 1.29 is 33.8 Å². The maximum Gasteiger partial charge on any atom is 0.469 e. The molecule has 0 bridgehead atoms. The number of ether oxygens (including phenoxy) is 1. The summed E-state index contributed by atoms with van der Waals surface area (Å²) in [5.41, 5.74) is 5.72. The molecule has 6 atom stereocenters. The summed E-state index contributed by atoms with van der Waals surface area (Å²) in [5.74, 6) is 0.262. The number of nitrogens with zero attached hydrogens (tertiary/aromatic N) is 4. The first-order valence-electron chi connectivity index (χ1n) is 6.65. The summed E-state index contributed by atoms with van der Waals surface area (Å²) in [4.78, 5) is 31.0. The number of amidine groups is 1. The lowest BCUT2D eigenvalue weighted by Crippen LogP contribution is -2.51. The third kappa shape index (κ3) is 3.15. The van der Waals surface area contributed by atoms with E-state index in [1.807, 2.05) is 0 Å². The first kappa shape index (κ1) is 16.5. The maximum atomic E-state index is 10.7. The molecule has 3 aliphatic heterocycles. The van der Waals surface area contributed by atoms with Crippen LogP contribution in [-0.2, 0) is 13.8 Å². The van der Waals surface area contributed by atoms with Crippen LogP contribution in [0.3, 0.4) is 0 Å². The van der Waals surface area contributed by atoms with Gasteiger partial charge in [0, 0.05) is 0 Å². The summed E-state index contributed by atoms with van der Waals surface area (Å²) < 4.78 is 20.5. The summed E-state index contributed by atoms with van der Waals surface area (Å²) in [6, 6.07) is -0.515. The van der Waals surface area contributed by atoms with Crippen molar-refractivity contribution in [2.24, 2.45) is 20.7 Å². The van der Waals surface area contributed by atoms with E-state index in [0.717, 1.165) is 0 Å². The summed E-state index contributed by atoms with van der Waals surface area (Å²) in [5, 5.41) is 20.1. The van der Waals surface area contributed by atoms with Crippen LogP contribution in [-0.4, -0.2) is 86.8 Å². The standard InChI is InChI=1S/C10H16N5O7P/c11-8-5-9(13-2-12-8)15(3-14-5)10-7(17)6(16)4(22-10)1-21-23(18,19)20/h2-7,9-10,16-17H,1H2,(H2,11,12,13)(H2,18,19,20)/t4-,5?,6?,7?,9?,10+/m1/s1. The highest BCUT2D eigenvalue weighted by atomic mass is 31.2. The van der Waals surface area contributed by atoms with Gasteiger partial charge in [0.05, 0.1) is 12.9 Å². The van der Waals surface area contributed by atoms with E-state index in [4.69, 9.17) is 20.3 Å². The van der Waals surface area contributed by atoms with E-state index in [2.05, 4.69) is 19.5 Å². The topological polar surface area (TPSA) is 183 Å². The zero-order chi connectivity index (χ0) is 16.8. The molecule has 0 aromatic heterocycles. The minimum Gasteiger partial charge on any atom is -0.387 e. The lowest BCUT2D eigenvalue weighted by molar-refractivity contribution is -0.0771. The molecule has 1 fully saturated rings. The zero-order valence-electron chi connectivity index (χ0n) is 11.7. The summed E-state index contributed by atoms with van der Waals surface area (Å²) in [7, 11) is -4.71. The highest BCUT2D eigenvalue weighted by molar-refractivity contribution is 7.46. The molecule has 1 saturated heterocycles. The SMILES string of the molecule is NC1=NC=NC2C1N=CN2[C@H]1O[C@H](COP(=O)(O)O)C(O)C1O. The molecule has 12 nitrogen and oxygen atoms in total. The summed E-state index contributed by atoms with van der Waals surface area (Å²) >= 11 is 0. The number of hydrogen-bond donors (Lipinski definition) is 5. The average molecular weight is 349 g/mol. The number of phosphoric acid groups is 1. The Morgan fingerprint density at radius 2 is 2.09 bits per heavy atom. The van der Waals surface area contributed by atoms with Crippen LogP contribution < -0.4 is 5.73 Å². The van der Waals surface area contributed by atoms with Crippen molar-refractivity contribution in [1.82, 2.24) is 4.90 Å². The van der Waals surface area contributed by atoms with Crippen LogP contribution in [0.1, 0.15) is 0 Å². The van der Waals surface area contributed by atoms with Gasteiger partial charge in [-0.2, -0.15) is 0 Å². The summed E-state index contributed by atoms with van der Waals surface area (Å²) in [6.45, 7) is -0.578. The van der Waals surface area contributed by atoms with Crippen LogP contribution in [0.25, 0.3) is 0 Å². The molecule has 13 heteroatoms. The Bertz CT molecular complexity index is 606. The van der Waals surface area contributed by atoms with Gasteiger partial charge in [0.25, 0.3) is 0 Å². The second kappa shape index (κ2) is 5.91. The Kier molecular flexibility index (Phi) is 4.23. The van der Waals surface area contributed by atoms with Crippen LogP contribution >= 0.6 is 7.82 Å². The molecule has 4 unspecified atom stereocenters. The predicted molar refractivity (Wildman–Crippen MR) is 76.7 cm³/mol. The molecule has 0 radical (unpaired) electrons. The van der Waals surface area contributed by atoms with E-state index in [1.165, 1.54) is 17.6 Å².